The summed E-state index contributed by atoms with van der Waals surface area (Å²) in [5.41, 5.74) is 4.62. The van der Waals surface area contributed by atoms with E-state index in [9.17, 15) is 0 Å². The first-order valence-corrected chi connectivity index (χ1v) is 9.11. The Balaban J connectivity index is 1.41. The predicted molar refractivity (Wildman–Crippen MR) is 104 cm³/mol. The van der Waals surface area contributed by atoms with E-state index in [0.717, 1.165) is 12.1 Å². The molecule has 0 saturated heterocycles. The van der Waals surface area contributed by atoms with Crippen LogP contribution in [0.3, 0.4) is 0 Å². The Bertz CT molecular complexity index is 1000. The smallest absolute Gasteiger partial charge is 0.229 e. The third kappa shape index (κ3) is 4.14. The topological polar surface area (TPSA) is 56.7 Å². The van der Waals surface area contributed by atoms with Gasteiger partial charge < -0.3 is 9.09 Å². The van der Waals surface area contributed by atoms with E-state index >= 15 is 0 Å². The maximum atomic E-state index is 5.48. The van der Waals surface area contributed by atoms with Crippen LogP contribution in [0.25, 0.3) is 11.1 Å². The normalized spacial score (nSPS) is 12.2. The second-order valence-electron chi connectivity index (χ2n) is 6.92. The molecule has 0 fully saturated rings. The van der Waals surface area contributed by atoms with Crippen LogP contribution in [0.2, 0.25) is 0 Å². The van der Waals surface area contributed by atoms with Crippen molar-refractivity contribution in [2.75, 3.05) is 0 Å². The van der Waals surface area contributed by atoms with Crippen LogP contribution in [-0.4, -0.2) is 19.7 Å². The number of hydrogen-bond acceptors (Lipinski definition) is 4. The molecule has 2 aromatic heterocycles. The SMILES string of the molecule is C[C@@H](Cc1cn(C)cn1)c1nc(Cc2ccc(-c3ccccc3)cc2)no1. The molecule has 136 valence electrons. The zero-order chi connectivity index (χ0) is 18.6. The number of aromatic nitrogens is 4. The molecule has 4 rings (SSSR count). The molecule has 1 atom stereocenters. The fraction of sp³-hybridized carbons (Fsp3) is 0.227. The van der Waals surface area contributed by atoms with E-state index < -0.39 is 0 Å². The Kier molecular flexibility index (Phi) is 4.83. The standard InChI is InChI=1S/C22H22N4O/c1-16(12-20-14-26(2)15-23-20)22-24-21(25-27-22)13-17-8-10-19(11-9-17)18-6-4-3-5-7-18/h3-11,14-16H,12-13H2,1-2H3/t16-/m0/s1. The van der Waals surface area contributed by atoms with Crippen molar-refractivity contribution in [2.24, 2.45) is 7.05 Å². The molecule has 0 aliphatic heterocycles. The number of benzene rings is 2. The summed E-state index contributed by atoms with van der Waals surface area (Å²) in [5.74, 6) is 1.52. The molecule has 0 unspecified atom stereocenters. The van der Waals surface area contributed by atoms with E-state index in [0.29, 0.717) is 18.1 Å². The lowest BCUT2D eigenvalue weighted by Gasteiger charge is -2.03. The molecule has 0 radical (unpaired) electrons. The lowest BCUT2D eigenvalue weighted by molar-refractivity contribution is 0.354. The van der Waals surface area contributed by atoms with Crippen molar-refractivity contribution in [1.29, 1.82) is 0 Å². The minimum Gasteiger partial charge on any atom is -0.340 e. The summed E-state index contributed by atoms with van der Waals surface area (Å²) in [5, 5.41) is 4.15. The van der Waals surface area contributed by atoms with E-state index in [1.54, 1.807) is 6.33 Å². The van der Waals surface area contributed by atoms with Crippen LogP contribution in [0, 0.1) is 0 Å². The maximum Gasteiger partial charge on any atom is 0.229 e. The van der Waals surface area contributed by atoms with Gasteiger partial charge in [0.25, 0.3) is 0 Å². The van der Waals surface area contributed by atoms with E-state index in [4.69, 9.17) is 4.52 Å². The number of aryl methyl sites for hydroxylation is 1. The average Bonchev–Trinajstić information content (AvgIpc) is 3.32. The highest BCUT2D eigenvalue weighted by molar-refractivity contribution is 5.63. The van der Waals surface area contributed by atoms with Gasteiger partial charge in [-0.25, -0.2) is 4.98 Å². The summed E-state index contributed by atoms with van der Waals surface area (Å²) < 4.78 is 7.42. The van der Waals surface area contributed by atoms with Gasteiger partial charge in [0, 0.05) is 32.0 Å². The number of nitrogens with zero attached hydrogens (tertiary/aromatic N) is 4. The van der Waals surface area contributed by atoms with Crippen LogP contribution in [0.4, 0.5) is 0 Å². The summed E-state index contributed by atoms with van der Waals surface area (Å²) in [7, 11) is 1.97. The van der Waals surface area contributed by atoms with Crippen molar-refractivity contribution in [1.82, 2.24) is 19.7 Å². The van der Waals surface area contributed by atoms with Crippen molar-refractivity contribution in [3.8, 4) is 11.1 Å². The summed E-state index contributed by atoms with van der Waals surface area (Å²) in [6.45, 7) is 2.08. The molecule has 2 aromatic carbocycles. The molecule has 2 heterocycles. The monoisotopic (exact) mass is 358 g/mol. The van der Waals surface area contributed by atoms with Gasteiger partial charge in [0.2, 0.25) is 5.89 Å². The first kappa shape index (κ1) is 17.2. The van der Waals surface area contributed by atoms with Gasteiger partial charge in [-0.3, -0.25) is 0 Å². The molecule has 0 saturated carbocycles. The highest BCUT2D eigenvalue weighted by Gasteiger charge is 2.16. The van der Waals surface area contributed by atoms with Crippen LogP contribution >= 0.6 is 0 Å². The molecule has 0 aliphatic carbocycles. The quantitative estimate of drug-likeness (QED) is 0.512. The second-order valence-corrected chi connectivity index (χ2v) is 6.92. The summed E-state index contributed by atoms with van der Waals surface area (Å²) in [6.07, 6.45) is 5.27. The average molecular weight is 358 g/mol. The molecule has 5 nitrogen and oxygen atoms in total. The van der Waals surface area contributed by atoms with Gasteiger partial charge in [0.1, 0.15) is 0 Å². The fourth-order valence-electron chi connectivity index (χ4n) is 3.14. The molecule has 4 aromatic rings. The fourth-order valence-corrected chi connectivity index (χ4v) is 3.14. The Labute approximate surface area is 158 Å². The highest BCUT2D eigenvalue weighted by atomic mass is 16.5. The van der Waals surface area contributed by atoms with Gasteiger partial charge in [-0.05, 0) is 16.7 Å². The van der Waals surface area contributed by atoms with Gasteiger partial charge in [-0.2, -0.15) is 4.98 Å². The van der Waals surface area contributed by atoms with Gasteiger partial charge in [0.05, 0.1) is 12.0 Å². The van der Waals surface area contributed by atoms with E-state index in [2.05, 4.69) is 70.6 Å². The maximum absolute atomic E-state index is 5.48. The van der Waals surface area contributed by atoms with Gasteiger partial charge in [-0.15, -0.1) is 0 Å². The molecule has 0 bridgehead atoms. The Hall–Kier alpha value is -3.21. The minimum atomic E-state index is 0.140. The lowest BCUT2D eigenvalue weighted by atomic mass is 10.0. The third-order valence-electron chi connectivity index (χ3n) is 4.60. The van der Waals surface area contributed by atoms with Crippen LogP contribution in [0.5, 0.6) is 0 Å². The van der Waals surface area contributed by atoms with E-state index in [1.165, 1.54) is 16.7 Å². The minimum absolute atomic E-state index is 0.140. The Morgan fingerprint density at radius 3 is 2.44 bits per heavy atom. The van der Waals surface area contributed by atoms with Gasteiger partial charge in [0.15, 0.2) is 5.82 Å². The molecule has 5 heteroatoms. The second kappa shape index (κ2) is 7.58. The molecule has 0 amide bonds. The van der Waals surface area contributed by atoms with Crippen LogP contribution in [0.1, 0.15) is 35.8 Å². The largest absolute Gasteiger partial charge is 0.340 e. The molecular formula is C22H22N4O. The first-order chi connectivity index (χ1) is 13.2. The summed E-state index contributed by atoms with van der Waals surface area (Å²) in [6, 6.07) is 18.9. The zero-order valence-corrected chi connectivity index (χ0v) is 15.5. The van der Waals surface area contributed by atoms with Crippen molar-refractivity contribution in [3.05, 3.63) is 90.1 Å². The van der Waals surface area contributed by atoms with Gasteiger partial charge >= 0.3 is 0 Å². The molecule has 0 spiro atoms. The first-order valence-electron chi connectivity index (χ1n) is 9.11. The van der Waals surface area contributed by atoms with Crippen molar-refractivity contribution in [3.63, 3.8) is 0 Å². The number of rotatable bonds is 6. The zero-order valence-electron chi connectivity index (χ0n) is 15.5. The van der Waals surface area contributed by atoms with E-state index in [-0.39, 0.29) is 5.92 Å². The van der Waals surface area contributed by atoms with Crippen LogP contribution in [0.15, 0.2) is 71.6 Å². The molecule has 0 aliphatic rings. The van der Waals surface area contributed by atoms with Crippen molar-refractivity contribution in [2.45, 2.75) is 25.7 Å². The predicted octanol–water partition coefficient (Wildman–Crippen LogP) is 4.41. The molecule has 0 N–H and O–H groups in total. The van der Waals surface area contributed by atoms with Gasteiger partial charge in [-0.1, -0.05) is 66.7 Å². The highest BCUT2D eigenvalue weighted by Crippen LogP contribution is 2.21. The Morgan fingerprint density at radius 2 is 1.74 bits per heavy atom. The van der Waals surface area contributed by atoms with Crippen molar-refractivity contribution < 1.29 is 4.52 Å². The number of hydrogen-bond donors (Lipinski definition) is 0. The lowest BCUT2D eigenvalue weighted by Crippen LogP contribution is -2.00. The Morgan fingerprint density at radius 1 is 1.00 bits per heavy atom. The number of imidazole rings is 1. The molecular weight excluding hydrogens is 336 g/mol. The van der Waals surface area contributed by atoms with Crippen LogP contribution < -0.4 is 0 Å². The van der Waals surface area contributed by atoms with Crippen molar-refractivity contribution >= 4 is 0 Å². The van der Waals surface area contributed by atoms with Crippen LogP contribution in [-0.2, 0) is 19.9 Å². The van der Waals surface area contributed by atoms with E-state index in [1.807, 2.05) is 23.9 Å². The third-order valence-corrected chi connectivity index (χ3v) is 4.60. The summed E-state index contributed by atoms with van der Waals surface area (Å²) >= 11 is 0. The molecule has 27 heavy (non-hydrogen) atoms. The summed E-state index contributed by atoms with van der Waals surface area (Å²) in [4.78, 5) is 8.94.